The Morgan fingerprint density at radius 2 is 2.10 bits per heavy atom. The highest BCUT2D eigenvalue weighted by Gasteiger charge is 2.33. The van der Waals surface area contributed by atoms with Crippen LogP contribution in [0.2, 0.25) is 5.02 Å². The zero-order valence-corrected chi connectivity index (χ0v) is 16.3. The molecule has 160 valence electrons. The van der Waals surface area contributed by atoms with Crippen molar-refractivity contribution in [2.75, 3.05) is 29.1 Å². The van der Waals surface area contributed by atoms with Crippen molar-refractivity contribution in [3.8, 4) is 0 Å². The van der Waals surface area contributed by atoms with Crippen LogP contribution in [0.5, 0.6) is 0 Å². The zero-order chi connectivity index (χ0) is 22.1. The molecule has 30 heavy (non-hydrogen) atoms. The number of hydrogen-bond acceptors (Lipinski definition) is 7. The number of likely N-dealkylation sites (N-methyl/N-ethyl adjacent to an activating group) is 1. The summed E-state index contributed by atoms with van der Waals surface area (Å²) in [5, 5.41) is 15.9. The van der Waals surface area contributed by atoms with Crippen LogP contribution < -0.4 is 15.5 Å². The fraction of sp³-hybridized carbons (Fsp3) is 0.353. The Morgan fingerprint density at radius 1 is 1.40 bits per heavy atom. The predicted molar refractivity (Wildman–Crippen MR) is 104 cm³/mol. The molecule has 1 aliphatic carbocycles. The maximum atomic E-state index is 12.9. The molecule has 0 spiro atoms. The number of halogens is 4. The van der Waals surface area contributed by atoms with Gasteiger partial charge in [-0.1, -0.05) is 11.6 Å². The van der Waals surface area contributed by atoms with Gasteiger partial charge in [0.15, 0.2) is 0 Å². The number of nitrogens with one attached hydrogen (secondary N) is 2. The molecule has 1 fully saturated rings. The average Bonchev–Trinajstić information content (AvgIpc) is 3.46. The lowest BCUT2D eigenvalue weighted by atomic mass is 10.2. The molecule has 0 aliphatic heterocycles. The van der Waals surface area contributed by atoms with Crippen LogP contribution >= 0.6 is 11.6 Å². The standard InChI is InChI=1S/C17H16ClF3N6O3/c1-26(16-22-7-13(27(29)30)15(25-16)24-9-2-3-9)8-14(28)23-10-4-5-12(18)11(6-10)17(19,20)21/h4-7,9H,2-3,8H2,1H3,(H,23,28)(H,22,24,25). The number of nitrogens with zero attached hydrogens (tertiary/aromatic N) is 4. The summed E-state index contributed by atoms with van der Waals surface area (Å²) < 4.78 is 38.8. The number of alkyl halides is 3. The van der Waals surface area contributed by atoms with Gasteiger partial charge in [0.1, 0.15) is 6.20 Å². The summed E-state index contributed by atoms with van der Waals surface area (Å²) in [7, 11) is 1.48. The van der Waals surface area contributed by atoms with Crippen molar-refractivity contribution in [3.63, 3.8) is 0 Å². The average molecular weight is 445 g/mol. The van der Waals surface area contributed by atoms with E-state index in [1.165, 1.54) is 18.0 Å². The molecule has 0 radical (unpaired) electrons. The Morgan fingerprint density at radius 3 is 2.70 bits per heavy atom. The second kappa shape index (κ2) is 8.30. The summed E-state index contributed by atoms with van der Waals surface area (Å²) in [5.74, 6) is -0.537. The minimum atomic E-state index is -4.66. The quantitative estimate of drug-likeness (QED) is 0.494. The number of hydrogen-bond donors (Lipinski definition) is 2. The molecule has 1 heterocycles. The number of carbonyl (C=O) groups is 1. The Balaban J connectivity index is 1.70. The zero-order valence-electron chi connectivity index (χ0n) is 15.5. The molecule has 1 aromatic heterocycles. The fourth-order valence-corrected chi connectivity index (χ4v) is 2.74. The Bertz CT molecular complexity index is 984. The lowest BCUT2D eigenvalue weighted by molar-refractivity contribution is -0.384. The summed E-state index contributed by atoms with van der Waals surface area (Å²) in [6.45, 7) is -0.301. The maximum absolute atomic E-state index is 12.9. The molecule has 3 rings (SSSR count). The van der Waals surface area contributed by atoms with Crippen LogP contribution in [0, 0.1) is 10.1 Å². The largest absolute Gasteiger partial charge is 0.417 e. The third-order valence-electron chi connectivity index (χ3n) is 4.15. The van der Waals surface area contributed by atoms with Gasteiger partial charge < -0.3 is 15.5 Å². The second-order valence-electron chi connectivity index (χ2n) is 6.68. The lowest BCUT2D eigenvalue weighted by Crippen LogP contribution is -2.31. The molecule has 1 amide bonds. The summed E-state index contributed by atoms with van der Waals surface area (Å²) in [4.78, 5) is 32.1. The Labute approximate surface area is 173 Å². The molecule has 1 aliphatic rings. The number of amides is 1. The van der Waals surface area contributed by atoms with E-state index in [-0.39, 0.29) is 35.7 Å². The van der Waals surface area contributed by atoms with Crippen LogP contribution in [-0.2, 0) is 11.0 Å². The van der Waals surface area contributed by atoms with Crippen LogP contribution in [-0.4, -0.2) is 40.4 Å². The Kier molecular flexibility index (Phi) is 5.97. The highest BCUT2D eigenvalue weighted by atomic mass is 35.5. The normalized spacial score (nSPS) is 13.6. The van der Waals surface area contributed by atoms with E-state index in [9.17, 15) is 28.1 Å². The van der Waals surface area contributed by atoms with Crippen molar-refractivity contribution in [2.24, 2.45) is 0 Å². The van der Waals surface area contributed by atoms with Gasteiger partial charge in [-0.15, -0.1) is 0 Å². The van der Waals surface area contributed by atoms with Crippen molar-refractivity contribution in [1.82, 2.24) is 9.97 Å². The molecular formula is C17H16ClF3N6O3. The van der Waals surface area contributed by atoms with E-state index in [0.717, 1.165) is 31.2 Å². The molecule has 13 heteroatoms. The van der Waals surface area contributed by atoms with Gasteiger partial charge >= 0.3 is 11.9 Å². The second-order valence-corrected chi connectivity index (χ2v) is 7.08. The molecule has 0 bridgehead atoms. The molecule has 0 saturated heterocycles. The number of benzene rings is 1. The number of rotatable bonds is 7. The number of anilines is 3. The third-order valence-corrected chi connectivity index (χ3v) is 4.48. The first-order valence-corrected chi connectivity index (χ1v) is 9.08. The number of aromatic nitrogens is 2. The van der Waals surface area contributed by atoms with Crippen molar-refractivity contribution in [2.45, 2.75) is 25.1 Å². The first-order valence-electron chi connectivity index (χ1n) is 8.70. The number of nitro groups is 1. The molecule has 9 nitrogen and oxygen atoms in total. The minimum absolute atomic E-state index is 0.0472. The van der Waals surface area contributed by atoms with Crippen LogP contribution in [0.1, 0.15) is 18.4 Å². The van der Waals surface area contributed by atoms with Gasteiger partial charge in [-0.3, -0.25) is 14.9 Å². The summed E-state index contributed by atoms with van der Waals surface area (Å²) >= 11 is 5.56. The first-order chi connectivity index (χ1) is 14.0. The van der Waals surface area contributed by atoms with E-state index in [1.54, 1.807) is 0 Å². The monoisotopic (exact) mass is 444 g/mol. The SMILES string of the molecule is CN(CC(=O)Nc1ccc(Cl)c(C(F)(F)F)c1)c1ncc([N+](=O)[O-])c(NC2CC2)n1. The van der Waals surface area contributed by atoms with Gasteiger partial charge in [-0.2, -0.15) is 18.2 Å². The molecule has 2 N–H and O–H groups in total. The first kappa shape index (κ1) is 21.6. The van der Waals surface area contributed by atoms with Crippen molar-refractivity contribution < 1.29 is 22.9 Å². The van der Waals surface area contributed by atoms with Crippen molar-refractivity contribution in [3.05, 3.63) is 45.1 Å². The van der Waals surface area contributed by atoms with E-state index < -0.39 is 27.6 Å². The van der Waals surface area contributed by atoms with Gasteiger partial charge in [0.2, 0.25) is 17.7 Å². The topological polar surface area (TPSA) is 113 Å². The van der Waals surface area contributed by atoms with E-state index in [1.807, 2.05) is 0 Å². The van der Waals surface area contributed by atoms with Gasteiger partial charge in [0.25, 0.3) is 0 Å². The van der Waals surface area contributed by atoms with Crippen molar-refractivity contribution >= 4 is 40.6 Å². The summed E-state index contributed by atoms with van der Waals surface area (Å²) in [6, 6.07) is 3.13. The fourth-order valence-electron chi connectivity index (χ4n) is 2.52. The molecule has 2 aromatic rings. The minimum Gasteiger partial charge on any atom is -0.361 e. The van der Waals surface area contributed by atoms with Crippen LogP contribution in [0.4, 0.5) is 36.3 Å². The molecule has 1 aromatic carbocycles. The maximum Gasteiger partial charge on any atom is 0.417 e. The van der Waals surface area contributed by atoms with Crippen LogP contribution in [0.15, 0.2) is 24.4 Å². The molecule has 0 atom stereocenters. The summed E-state index contributed by atoms with van der Waals surface area (Å²) in [6.07, 6.45) is -1.88. The van der Waals surface area contributed by atoms with Gasteiger partial charge in [-0.05, 0) is 31.0 Å². The van der Waals surface area contributed by atoms with E-state index in [2.05, 4.69) is 20.6 Å². The van der Waals surface area contributed by atoms with Crippen LogP contribution in [0.25, 0.3) is 0 Å². The lowest BCUT2D eigenvalue weighted by Gasteiger charge is -2.18. The highest BCUT2D eigenvalue weighted by molar-refractivity contribution is 6.31. The van der Waals surface area contributed by atoms with E-state index >= 15 is 0 Å². The van der Waals surface area contributed by atoms with Crippen LogP contribution in [0.3, 0.4) is 0 Å². The smallest absolute Gasteiger partial charge is 0.361 e. The van der Waals surface area contributed by atoms with Crippen molar-refractivity contribution in [1.29, 1.82) is 0 Å². The van der Waals surface area contributed by atoms with Gasteiger partial charge in [-0.25, -0.2) is 4.98 Å². The molecule has 1 saturated carbocycles. The third kappa shape index (κ3) is 5.26. The van der Waals surface area contributed by atoms with E-state index in [4.69, 9.17) is 11.6 Å². The summed E-state index contributed by atoms with van der Waals surface area (Å²) in [5.41, 5.74) is -1.43. The van der Waals surface area contributed by atoms with Gasteiger partial charge in [0.05, 0.1) is 22.1 Å². The van der Waals surface area contributed by atoms with Gasteiger partial charge in [0, 0.05) is 18.8 Å². The molecule has 0 unspecified atom stereocenters. The van der Waals surface area contributed by atoms with E-state index in [0.29, 0.717) is 0 Å². The molecular weight excluding hydrogens is 429 g/mol. The number of carbonyl (C=O) groups excluding carboxylic acids is 1. The highest BCUT2D eigenvalue weighted by Crippen LogP contribution is 2.36. The Hall–Kier alpha value is -3.15. The predicted octanol–water partition coefficient (Wildman–Crippen LogP) is 3.71.